The first kappa shape index (κ1) is 27.1. The second-order valence-corrected chi connectivity index (χ2v) is 14.5. The van der Waals surface area contributed by atoms with Crippen molar-refractivity contribution in [3.05, 3.63) is 23.3 Å². The van der Waals surface area contributed by atoms with Crippen LogP contribution in [0, 0.1) is 50.7 Å². The number of fused-ring (bicyclic) bond motifs is 7. The van der Waals surface area contributed by atoms with E-state index >= 15 is 0 Å². The van der Waals surface area contributed by atoms with Crippen molar-refractivity contribution in [1.82, 2.24) is 5.32 Å². The Labute approximate surface area is 226 Å². The van der Waals surface area contributed by atoms with Crippen molar-refractivity contribution in [2.24, 2.45) is 39.4 Å². The number of alkyl carbamates (subject to hydrolysis) is 1. The van der Waals surface area contributed by atoms with E-state index in [1.165, 1.54) is 14.0 Å². The lowest BCUT2D eigenvalue weighted by molar-refractivity contribution is -0.166. The van der Waals surface area contributed by atoms with E-state index in [0.29, 0.717) is 6.42 Å². The normalized spacial score (nSPS) is 47.2. The lowest BCUT2D eigenvalue weighted by atomic mass is 9.35. The predicted octanol–water partition coefficient (Wildman–Crippen LogP) is 5.04. The minimum atomic E-state index is -1.67. The van der Waals surface area contributed by atoms with Gasteiger partial charge in [-0.1, -0.05) is 46.3 Å². The molecule has 5 aliphatic rings. The highest BCUT2D eigenvalue weighted by molar-refractivity contribution is 6.06. The van der Waals surface area contributed by atoms with E-state index in [1.54, 1.807) is 12.2 Å². The number of methoxy groups -OCH3 is 1. The van der Waals surface area contributed by atoms with Gasteiger partial charge >= 0.3 is 6.09 Å². The number of nitrogens with one attached hydrogen (secondary N) is 1. The molecule has 3 fully saturated rings. The van der Waals surface area contributed by atoms with Gasteiger partial charge in [0.1, 0.15) is 11.7 Å². The average molecular weight is 523 g/mol. The summed E-state index contributed by atoms with van der Waals surface area (Å²) in [6.07, 6.45) is 8.59. The van der Waals surface area contributed by atoms with Gasteiger partial charge in [0, 0.05) is 22.8 Å². The van der Waals surface area contributed by atoms with Crippen LogP contribution in [0.4, 0.5) is 4.79 Å². The van der Waals surface area contributed by atoms with Gasteiger partial charge in [-0.2, -0.15) is 5.26 Å². The number of allylic oxidation sites excluding steroid dienone is 3. The Kier molecular flexibility index (Phi) is 5.73. The third-order valence-corrected chi connectivity index (χ3v) is 12.1. The minimum Gasteiger partial charge on any atom is -0.453 e. The van der Waals surface area contributed by atoms with Crippen molar-refractivity contribution in [2.45, 2.75) is 97.6 Å². The van der Waals surface area contributed by atoms with Gasteiger partial charge in [-0.3, -0.25) is 9.59 Å². The van der Waals surface area contributed by atoms with Crippen LogP contribution < -0.4 is 5.32 Å². The molecule has 5 rings (SSSR count). The SMILES string of the molecule is COC(=O)N[C@]12CCC(C)(C)CC1C1C(=O)C=C3[C@@]4(C)C=C(C#N)C(=O)[C@@](C)(O)[C@@H]4CC[C@@]3(C)[C@]1(C)CC2. The van der Waals surface area contributed by atoms with Gasteiger partial charge in [0.25, 0.3) is 0 Å². The maximum atomic E-state index is 14.4. The Morgan fingerprint density at radius 2 is 1.74 bits per heavy atom. The van der Waals surface area contributed by atoms with Crippen molar-refractivity contribution in [2.75, 3.05) is 7.11 Å². The number of ether oxygens (including phenoxy) is 1. The summed E-state index contributed by atoms with van der Waals surface area (Å²) in [5, 5.41) is 24.4. The summed E-state index contributed by atoms with van der Waals surface area (Å²) in [5.74, 6) is -1.18. The molecule has 0 aromatic carbocycles. The number of nitrogens with zero attached hydrogens (tertiary/aromatic N) is 1. The molecule has 1 amide bonds. The first-order valence-electron chi connectivity index (χ1n) is 14.0. The van der Waals surface area contributed by atoms with E-state index in [-0.39, 0.29) is 39.4 Å². The van der Waals surface area contributed by atoms with Crippen LogP contribution in [0.3, 0.4) is 0 Å². The largest absolute Gasteiger partial charge is 0.453 e. The van der Waals surface area contributed by atoms with Crippen molar-refractivity contribution in [1.29, 1.82) is 5.26 Å². The fourth-order valence-electron chi connectivity index (χ4n) is 9.78. The Balaban J connectivity index is 1.68. The highest BCUT2D eigenvalue weighted by atomic mass is 16.5. The molecular weight excluding hydrogens is 480 g/mol. The van der Waals surface area contributed by atoms with Gasteiger partial charge in [-0.15, -0.1) is 0 Å². The van der Waals surface area contributed by atoms with Gasteiger partial charge in [0.15, 0.2) is 5.78 Å². The van der Waals surface area contributed by atoms with E-state index < -0.39 is 34.3 Å². The first-order valence-corrected chi connectivity index (χ1v) is 14.0. The Bertz CT molecular complexity index is 1220. The molecule has 0 radical (unpaired) electrons. The monoisotopic (exact) mass is 522 g/mol. The molecule has 0 aliphatic heterocycles. The predicted molar refractivity (Wildman–Crippen MR) is 142 cm³/mol. The Morgan fingerprint density at radius 3 is 2.37 bits per heavy atom. The molecule has 0 saturated heterocycles. The van der Waals surface area contributed by atoms with E-state index in [2.05, 4.69) is 33.0 Å². The second-order valence-electron chi connectivity index (χ2n) is 14.5. The van der Waals surface area contributed by atoms with Gasteiger partial charge in [-0.05, 0) is 80.1 Å². The third-order valence-electron chi connectivity index (χ3n) is 12.1. The summed E-state index contributed by atoms with van der Waals surface area (Å²) in [6, 6.07) is 2.01. The van der Waals surface area contributed by atoms with Gasteiger partial charge in [0.05, 0.1) is 12.7 Å². The standard InChI is InChI=1S/C31H42N2O5/c1-26(2)10-12-31(33-25(36)38-7)13-11-29(5)23(19(31)16-26)20(34)14-22-27(3)15-18(17-32)24(35)30(6,37)21(27)8-9-28(22,29)4/h14-15,19,21,23,37H,8-13,16H2,1-7H3,(H,33,36)/t19?,21-,23?,27+,28-,29-,30+,31+/m1/s1. The second kappa shape index (κ2) is 8.03. The topological polar surface area (TPSA) is 116 Å². The van der Waals surface area contributed by atoms with Gasteiger partial charge in [-0.25, -0.2) is 4.79 Å². The van der Waals surface area contributed by atoms with E-state index in [9.17, 15) is 24.8 Å². The smallest absolute Gasteiger partial charge is 0.407 e. The minimum absolute atomic E-state index is 0.0296. The molecule has 0 heterocycles. The number of carbonyl (C=O) groups is 3. The average Bonchev–Trinajstić information content (AvgIpc) is 2.83. The lowest BCUT2D eigenvalue weighted by Crippen LogP contribution is -2.70. The number of aliphatic hydroxyl groups is 1. The quantitative estimate of drug-likeness (QED) is 0.498. The molecular formula is C31H42N2O5. The number of Topliss-reactive ketones (excluding diaryl/α,β-unsaturated/α-hetero) is 1. The van der Waals surface area contributed by atoms with E-state index in [4.69, 9.17) is 4.74 Å². The van der Waals surface area contributed by atoms with E-state index in [0.717, 1.165) is 44.1 Å². The molecule has 2 unspecified atom stereocenters. The van der Waals surface area contributed by atoms with Crippen LogP contribution in [0.5, 0.6) is 0 Å². The zero-order valence-electron chi connectivity index (χ0n) is 23.9. The molecule has 0 bridgehead atoms. The molecule has 0 spiro atoms. The Hall–Kier alpha value is -2.46. The van der Waals surface area contributed by atoms with Gasteiger partial charge < -0.3 is 15.2 Å². The first-order chi connectivity index (χ1) is 17.5. The summed E-state index contributed by atoms with van der Waals surface area (Å²) in [6.45, 7) is 12.5. The molecule has 206 valence electrons. The number of rotatable bonds is 1. The molecule has 7 heteroatoms. The molecule has 2 N–H and O–H groups in total. The van der Waals surface area contributed by atoms with E-state index in [1.807, 2.05) is 13.0 Å². The zero-order valence-corrected chi connectivity index (χ0v) is 23.9. The van der Waals surface area contributed by atoms with Crippen LogP contribution in [0.15, 0.2) is 23.3 Å². The highest BCUT2D eigenvalue weighted by Crippen LogP contribution is 2.72. The molecule has 7 nitrogen and oxygen atoms in total. The zero-order chi connectivity index (χ0) is 28.1. The number of carbonyl (C=O) groups excluding carboxylic acids is 3. The number of nitriles is 1. The van der Waals surface area contributed by atoms with Crippen molar-refractivity contribution in [3.8, 4) is 6.07 Å². The third kappa shape index (κ3) is 3.31. The van der Waals surface area contributed by atoms with Crippen molar-refractivity contribution >= 4 is 17.7 Å². The molecule has 8 atom stereocenters. The van der Waals surface area contributed by atoms with Crippen LogP contribution >= 0.6 is 0 Å². The van der Waals surface area contributed by atoms with Gasteiger partial charge in [0.2, 0.25) is 5.78 Å². The maximum Gasteiger partial charge on any atom is 0.407 e. The molecule has 5 aliphatic carbocycles. The summed E-state index contributed by atoms with van der Waals surface area (Å²) in [7, 11) is 1.38. The van der Waals surface area contributed by atoms with Crippen LogP contribution in [-0.4, -0.2) is 41.0 Å². The fraction of sp³-hybridized carbons (Fsp3) is 0.742. The molecule has 38 heavy (non-hydrogen) atoms. The van der Waals surface area contributed by atoms with Crippen molar-refractivity contribution in [3.63, 3.8) is 0 Å². The summed E-state index contributed by atoms with van der Waals surface area (Å²) in [4.78, 5) is 39.9. The summed E-state index contributed by atoms with van der Waals surface area (Å²) in [5.41, 5.74) is -2.74. The number of hydrogen-bond acceptors (Lipinski definition) is 6. The molecule has 3 saturated carbocycles. The maximum absolute atomic E-state index is 14.4. The number of hydrogen-bond donors (Lipinski definition) is 2. The highest BCUT2D eigenvalue weighted by Gasteiger charge is 2.70. The van der Waals surface area contributed by atoms with Crippen LogP contribution in [0.2, 0.25) is 0 Å². The lowest BCUT2D eigenvalue weighted by Gasteiger charge is -2.69. The van der Waals surface area contributed by atoms with Crippen LogP contribution in [-0.2, 0) is 14.3 Å². The fourth-order valence-corrected chi connectivity index (χ4v) is 9.78. The van der Waals surface area contributed by atoms with Crippen LogP contribution in [0.25, 0.3) is 0 Å². The van der Waals surface area contributed by atoms with Crippen LogP contribution in [0.1, 0.15) is 86.5 Å². The molecule has 0 aromatic rings. The number of ketones is 2. The summed E-state index contributed by atoms with van der Waals surface area (Å²) < 4.78 is 5.03. The molecule has 0 aromatic heterocycles. The Morgan fingerprint density at radius 1 is 1.08 bits per heavy atom. The van der Waals surface area contributed by atoms with Crippen molar-refractivity contribution < 1.29 is 24.2 Å². The number of amides is 1. The summed E-state index contributed by atoms with van der Waals surface area (Å²) >= 11 is 0.